The van der Waals surface area contributed by atoms with E-state index in [1.165, 1.54) is 19.2 Å². The fourth-order valence-electron chi connectivity index (χ4n) is 1.45. The molecule has 1 unspecified atom stereocenters. The fraction of sp³-hybridized carbons (Fsp3) is 0.500. The zero-order chi connectivity index (χ0) is 13.1. The molecular formula is C12H18FNO2S. The van der Waals surface area contributed by atoms with Gasteiger partial charge in [0.25, 0.3) is 0 Å². The molecule has 0 aliphatic rings. The molecule has 5 heteroatoms. The van der Waals surface area contributed by atoms with Gasteiger partial charge in [-0.05, 0) is 31.5 Å². The molecule has 0 saturated heterocycles. The van der Waals surface area contributed by atoms with Crippen LogP contribution < -0.4 is 10.5 Å². The Kier molecular flexibility index (Phi) is 4.65. The summed E-state index contributed by atoms with van der Waals surface area (Å²) in [5, 5.41) is 0. The van der Waals surface area contributed by atoms with E-state index < -0.39 is 22.2 Å². The number of hydrogen-bond acceptors (Lipinski definition) is 3. The Morgan fingerprint density at radius 1 is 1.47 bits per heavy atom. The molecule has 0 aliphatic carbocycles. The monoisotopic (exact) mass is 259 g/mol. The third kappa shape index (κ3) is 4.83. The van der Waals surface area contributed by atoms with E-state index in [0.29, 0.717) is 17.1 Å². The van der Waals surface area contributed by atoms with Crippen LogP contribution in [0.5, 0.6) is 5.75 Å². The number of hydrogen-bond donors (Lipinski definition) is 1. The van der Waals surface area contributed by atoms with Crippen LogP contribution in [0.15, 0.2) is 18.2 Å². The van der Waals surface area contributed by atoms with E-state index in [-0.39, 0.29) is 5.75 Å². The molecule has 0 fully saturated rings. The zero-order valence-corrected chi connectivity index (χ0v) is 11.1. The van der Waals surface area contributed by atoms with E-state index >= 15 is 0 Å². The molecule has 0 radical (unpaired) electrons. The molecule has 17 heavy (non-hydrogen) atoms. The van der Waals surface area contributed by atoms with Gasteiger partial charge in [0.2, 0.25) is 0 Å². The van der Waals surface area contributed by atoms with Gasteiger partial charge in [-0.1, -0.05) is 6.07 Å². The maximum absolute atomic E-state index is 13.4. The Morgan fingerprint density at radius 2 is 2.12 bits per heavy atom. The number of nitrogens with two attached hydrogens (primary N) is 1. The number of halogens is 1. The molecule has 1 rings (SSSR count). The SMILES string of the molecule is COc1ccc(CS(=O)CC(C)(C)N)cc1F. The summed E-state index contributed by atoms with van der Waals surface area (Å²) in [5.74, 6) is 0.454. The van der Waals surface area contributed by atoms with Gasteiger partial charge in [-0.3, -0.25) is 4.21 Å². The second-order valence-corrected chi connectivity index (χ2v) is 6.14. The van der Waals surface area contributed by atoms with Crippen molar-refractivity contribution in [3.05, 3.63) is 29.6 Å². The first-order chi connectivity index (χ1) is 7.81. The predicted octanol–water partition coefficient (Wildman–Crippen LogP) is 1.82. The van der Waals surface area contributed by atoms with Crippen molar-refractivity contribution >= 4 is 10.8 Å². The maximum atomic E-state index is 13.4. The smallest absolute Gasteiger partial charge is 0.165 e. The first kappa shape index (κ1) is 14.1. The van der Waals surface area contributed by atoms with Gasteiger partial charge >= 0.3 is 0 Å². The molecule has 96 valence electrons. The third-order valence-electron chi connectivity index (χ3n) is 2.08. The second-order valence-electron chi connectivity index (χ2n) is 4.69. The highest BCUT2D eigenvalue weighted by Gasteiger charge is 2.16. The van der Waals surface area contributed by atoms with Crippen molar-refractivity contribution in [2.45, 2.75) is 25.1 Å². The molecular weight excluding hydrogens is 241 g/mol. The van der Waals surface area contributed by atoms with Gasteiger partial charge in [-0.25, -0.2) is 4.39 Å². The Labute approximate surface area is 104 Å². The summed E-state index contributed by atoms with van der Waals surface area (Å²) in [6, 6.07) is 4.60. The van der Waals surface area contributed by atoms with Gasteiger partial charge in [-0.15, -0.1) is 0 Å². The van der Waals surface area contributed by atoms with Gasteiger partial charge in [0.05, 0.1) is 7.11 Å². The van der Waals surface area contributed by atoms with Gasteiger partial charge in [-0.2, -0.15) is 0 Å². The highest BCUT2D eigenvalue weighted by molar-refractivity contribution is 7.84. The van der Waals surface area contributed by atoms with Crippen molar-refractivity contribution in [3.63, 3.8) is 0 Å². The van der Waals surface area contributed by atoms with Crippen LogP contribution >= 0.6 is 0 Å². The molecule has 0 heterocycles. The molecule has 0 aliphatic heterocycles. The number of benzene rings is 1. The Balaban J connectivity index is 2.69. The van der Waals surface area contributed by atoms with Gasteiger partial charge < -0.3 is 10.5 Å². The minimum absolute atomic E-state index is 0.193. The van der Waals surface area contributed by atoms with Crippen molar-refractivity contribution in [1.82, 2.24) is 0 Å². The van der Waals surface area contributed by atoms with Crippen LogP contribution in [0, 0.1) is 5.82 Å². The lowest BCUT2D eigenvalue weighted by molar-refractivity contribution is 0.386. The molecule has 0 bridgehead atoms. The summed E-state index contributed by atoms with van der Waals surface area (Å²) in [5.41, 5.74) is 5.99. The minimum atomic E-state index is -1.09. The standard InChI is InChI=1S/C12H18FNO2S/c1-12(2,14)8-17(15)7-9-4-5-11(16-3)10(13)6-9/h4-6H,7-8,14H2,1-3H3. The summed E-state index contributed by atoms with van der Waals surface area (Å²) in [6.45, 7) is 3.64. The molecule has 2 N–H and O–H groups in total. The third-order valence-corrected chi connectivity index (χ3v) is 3.80. The molecule has 1 aromatic carbocycles. The van der Waals surface area contributed by atoms with E-state index in [1.807, 2.05) is 13.8 Å². The first-order valence-corrected chi connectivity index (χ1v) is 6.77. The maximum Gasteiger partial charge on any atom is 0.165 e. The van der Waals surface area contributed by atoms with Crippen LogP contribution in [-0.4, -0.2) is 22.6 Å². The summed E-state index contributed by atoms with van der Waals surface area (Å²) >= 11 is 0. The highest BCUT2D eigenvalue weighted by Crippen LogP contribution is 2.18. The second kappa shape index (κ2) is 5.60. The zero-order valence-electron chi connectivity index (χ0n) is 10.3. The van der Waals surface area contributed by atoms with E-state index in [1.54, 1.807) is 6.07 Å². The quantitative estimate of drug-likeness (QED) is 0.877. The Hall–Kier alpha value is -0.940. The van der Waals surface area contributed by atoms with E-state index in [4.69, 9.17) is 10.5 Å². The molecule has 0 saturated carbocycles. The highest BCUT2D eigenvalue weighted by atomic mass is 32.2. The Morgan fingerprint density at radius 3 is 2.59 bits per heavy atom. The van der Waals surface area contributed by atoms with E-state index in [9.17, 15) is 8.60 Å². The average molecular weight is 259 g/mol. The van der Waals surface area contributed by atoms with Crippen LogP contribution in [0.1, 0.15) is 19.4 Å². The van der Waals surface area contributed by atoms with Crippen molar-refractivity contribution in [2.75, 3.05) is 12.9 Å². The van der Waals surface area contributed by atoms with Gasteiger partial charge in [0.15, 0.2) is 11.6 Å². The molecule has 0 amide bonds. The van der Waals surface area contributed by atoms with Gasteiger partial charge in [0, 0.05) is 27.8 Å². The summed E-state index contributed by atoms with van der Waals surface area (Å²) < 4.78 is 30.0. The summed E-state index contributed by atoms with van der Waals surface area (Å²) in [4.78, 5) is 0. The van der Waals surface area contributed by atoms with E-state index in [2.05, 4.69) is 0 Å². The van der Waals surface area contributed by atoms with Crippen molar-refractivity contribution in [1.29, 1.82) is 0 Å². The summed E-state index contributed by atoms with van der Waals surface area (Å²) in [7, 11) is 0.320. The number of ether oxygens (including phenoxy) is 1. The lowest BCUT2D eigenvalue weighted by atomic mass is 10.1. The molecule has 1 aromatic rings. The first-order valence-electron chi connectivity index (χ1n) is 5.28. The topological polar surface area (TPSA) is 52.3 Å². The molecule has 1 atom stereocenters. The fourth-order valence-corrected chi connectivity index (χ4v) is 2.93. The van der Waals surface area contributed by atoms with Crippen molar-refractivity contribution < 1.29 is 13.3 Å². The number of methoxy groups -OCH3 is 1. The van der Waals surface area contributed by atoms with Crippen LogP contribution in [-0.2, 0) is 16.6 Å². The predicted molar refractivity (Wildman–Crippen MR) is 67.9 cm³/mol. The van der Waals surface area contributed by atoms with E-state index in [0.717, 1.165) is 0 Å². The molecule has 3 nitrogen and oxygen atoms in total. The van der Waals surface area contributed by atoms with Crippen LogP contribution in [0.3, 0.4) is 0 Å². The molecule has 0 spiro atoms. The van der Waals surface area contributed by atoms with Crippen LogP contribution in [0.25, 0.3) is 0 Å². The van der Waals surface area contributed by atoms with Crippen molar-refractivity contribution in [2.24, 2.45) is 5.73 Å². The lowest BCUT2D eigenvalue weighted by Gasteiger charge is -2.17. The normalized spacial score (nSPS) is 13.5. The molecule has 0 aromatic heterocycles. The Bertz CT molecular complexity index is 415. The largest absolute Gasteiger partial charge is 0.494 e. The van der Waals surface area contributed by atoms with Crippen molar-refractivity contribution in [3.8, 4) is 5.75 Å². The number of rotatable bonds is 5. The minimum Gasteiger partial charge on any atom is -0.494 e. The van der Waals surface area contributed by atoms with Crippen LogP contribution in [0.2, 0.25) is 0 Å². The average Bonchev–Trinajstić information content (AvgIpc) is 2.14. The lowest BCUT2D eigenvalue weighted by Crippen LogP contribution is -2.38. The van der Waals surface area contributed by atoms with Crippen LogP contribution in [0.4, 0.5) is 4.39 Å². The summed E-state index contributed by atoms with van der Waals surface area (Å²) in [6.07, 6.45) is 0. The van der Waals surface area contributed by atoms with Gasteiger partial charge in [0.1, 0.15) is 0 Å².